The number of methoxy groups -OCH3 is 1. The fraction of sp³-hybridized carbons (Fsp3) is 0.688. The normalized spacial score (nSPS) is 35.9. The lowest BCUT2D eigenvalue weighted by Gasteiger charge is -2.60. The van der Waals surface area contributed by atoms with Gasteiger partial charge >= 0.3 is 0 Å². The smallest absolute Gasteiger partial charge is 0.239 e. The van der Waals surface area contributed by atoms with Crippen molar-refractivity contribution < 1.29 is 29.1 Å². The summed E-state index contributed by atoms with van der Waals surface area (Å²) in [6, 6.07) is 5.79. The van der Waals surface area contributed by atoms with Crippen LogP contribution in [0.25, 0.3) is 10.9 Å². The maximum absolute atomic E-state index is 13.0. The third kappa shape index (κ3) is 5.25. The van der Waals surface area contributed by atoms with Crippen LogP contribution < -0.4 is 15.4 Å². The predicted molar refractivity (Wildman–Crippen MR) is 157 cm³/mol. The van der Waals surface area contributed by atoms with Gasteiger partial charge in [-0.15, -0.1) is 0 Å². The molecule has 228 valence electrons. The number of carbonyl (C=O) groups excluding carboxylic acids is 1. The molecule has 1 atom stereocenters. The molecule has 6 fully saturated rings. The molecule has 10 heteroatoms. The third-order valence-electron chi connectivity index (χ3n) is 10.6. The summed E-state index contributed by atoms with van der Waals surface area (Å²) in [5.74, 6) is 1.45. The molecule has 2 heterocycles. The quantitative estimate of drug-likeness (QED) is 0.260. The highest BCUT2D eigenvalue weighted by atomic mass is 35.5. The molecule has 42 heavy (non-hydrogen) atoms. The zero-order valence-corrected chi connectivity index (χ0v) is 25.3. The maximum Gasteiger partial charge on any atom is 0.239 e. The first-order valence-electron chi connectivity index (χ1n) is 15.8. The summed E-state index contributed by atoms with van der Waals surface area (Å²) in [6.07, 6.45) is 11.9. The number of nitrogens with zero attached hydrogens (tertiary/aromatic N) is 1. The van der Waals surface area contributed by atoms with Gasteiger partial charge in [-0.05, 0) is 88.7 Å². The highest BCUT2D eigenvalue weighted by molar-refractivity contribution is 6.35. The van der Waals surface area contributed by atoms with Crippen LogP contribution in [0, 0.1) is 29.6 Å². The van der Waals surface area contributed by atoms with Gasteiger partial charge in [0.05, 0.1) is 23.3 Å². The van der Waals surface area contributed by atoms with Crippen LogP contribution in [0.1, 0.15) is 77.6 Å². The molecule has 5 saturated carbocycles. The SMILES string of the molecule is COc1cc(NC(C)CCCNC(=O)C2CCC3(CC2)OOC2(OO3)C3CC4CC(C3)CC2C4)c2nccc(Cl)c2c1. The number of amides is 1. The van der Waals surface area contributed by atoms with Gasteiger partial charge in [0.25, 0.3) is 0 Å². The number of hydrogen-bond donors (Lipinski definition) is 2. The minimum Gasteiger partial charge on any atom is -0.497 e. The molecule has 2 spiro atoms. The first kappa shape index (κ1) is 28.6. The minimum atomic E-state index is -0.902. The van der Waals surface area contributed by atoms with E-state index < -0.39 is 11.6 Å². The number of benzene rings is 1. The van der Waals surface area contributed by atoms with E-state index in [0.29, 0.717) is 49.1 Å². The molecule has 1 unspecified atom stereocenters. The van der Waals surface area contributed by atoms with Crippen LogP contribution in [0.15, 0.2) is 24.4 Å². The monoisotopic (exact) mass is 599 g/mol. The number of pyridine rings is 1. The van der Waals surface area contributed by atoms with Gasteiger partial charge in [-0.25, -0.2) is 0 Å². The van der Waals surface area contributed by atoms with Crippen LogP contribution in [-0.2, 0) is 24.3 Å². The van der Waals surface area contributed by atoms with Crippen molar-refractivity contribution in [2.24, 2.45) is 29.6 Å². The molecular weight excluding hydrogens is 558 g/mol. The van der Waals surface area contributed by atoms with E-state index in [1.165, 1.54) is 6.42 Å². The second-order valence-corrected chi connectivity index (χ2v) is 13.8. The molecule has 1 aromatic carbocycles. The van der Waals surface area contributed by atoms with Crippen LogP contribution in [0.2, 0.25) is 5.02 Å². The van der Waals surface area contributed by atoms with Crippen molar-refractivity contribution in [1.82, 2.24) is 10.3 Å². The van der Waals surface area contributed by atoms with Crippen LogP contribution in [0.3, 0.4) is 0 Å². The summed E-state index contributed by atoms with van der Waals surface area (Å²) in [5, 5.41) is 8.17. The van der Waals surface area contributed by atoms with Crippen molar-refractivity contribution in [3.8, 4) is 5.75 Å². The molecule has 5 aliphatic carbocycles. The van der Waals surface area contributed by atoms with Crippen molar-refractivity contribution in [2.75, 3.05) is 19.0 Å². The van der Waals surface area contributed by atoms with E-state index in [-0.39, 0.29) is 17.9 Å². The van der Waals surface area contributed by atoms with Crippen molar-refractivity contribution in [3.63, 3.8) is 0 Å². The summed E-state index contributed by atoms with van der Waals surface area (Å²) in [6.45, 7) is 2.75. The number of anilines is 1. The van der Waals surface area contributed by atoms with Gasteiger partial charge in [0.2, 0.25) is 17.5 Å². The fourth-order valence-corrected chi connectivity index (χ4v) is 8.64. The summed E-state index contributed by atoms with van der Waals surface area (Å²) in [4.78, 5) is 41.8. The Kier molecular flexibility index (Phi) is 7.76. The number of fused-ring (bicyclic) bond motifs is 1. The Morgan fingerprint density at radius 1 is 1.07 bits per heavy atom. The number of aromatic nitrogens is 1. The third-order valence-corrected chi connectivity index (χ3v) is 10.9. The Morgan fingerprint density at radius 3 is 2.43 bits per heavy atom. The number of hydrogen-bond acceptors (Lipinski definition) is 8. The highest BCUT2D eigenvalue weighted by Gasteiger charge is 2.64. The Bertz CT molecular complexity index is 1270. The van der Waals surface area contributed by atoms with Crippen molar-refractivity contribution >= 4 is 34.1 Å². The molecular formula is C32H42ClN3O6. The van der Waals surface area contributed by atoms with E-state index in [1.54, 1.807) is 19.4 Å². The molecule has 8 rings (SSSR count). The molecule has 1 aromatic heterocycles. The lowest BCUT2D eigenvalue weighted by Crippen LogP contribution is -2.64. The average Bonchev–Trinajstić information content (AvgIpc) is 2.99. The standard InChI is InChI=1S/C32H42ClN3O6/c1-19(36-28-18-25(38-2)17-26-27(33)7-11-34-29(26)28)4-3-10-35-30(37)22-5-8-31(9-6-22)39-41-32(42-40-31)23-13-20-12-21(15-23)16-24(32)14-20/h7,11,17-24,36H,3-6,8-10,12-16H2,1-2H3,(H,35,37). The van der Waals surface area contributed by atoms with E-state index in [0.717, 1.165) is 72.7 Å². The van der Waals surface area contributed by atoms with Crippen LogP contribution >= 0.6 is 11.6 Å². The van der Waals surface area contributed by atoms with Gasteiger partial charge in [-0.3, -0.25) is 9.78 Å². The second kappa shape index (κ2) is 11.4. The van der Waals surface area contributed by atoms with Crippen LogP contribution in [0.5, 0.6) is 5.75 Å². The van der Waals surface area contributed by atoms with Gasteiger partial charge < -0.3 is 15.4 Å². The van der Waals surface area contributed by atoms with E-state index >= 15 is 0 Å². The number of ether oxygens (including phenoxy) is 1. The topological polar surface area (TPSA) is 100 Å². The molecule has 4 bridgehead atoms. The van der Waals surface area contributed by atoms with Gasteiger partial charge in [-0.1, -0.05) is 11.6 Å². The molecule has 0 radical (unpaired) electrons. The largest absolute Gasteiger partial charge is 0.497 e. The maximum atomic E-state index is 13.0. The van der Waals surface area contributed by atoms with Crippen LogP contribution in [-0.4, -0.2) is 42.2 Å². The molecule has 9 nitrogen and oxygen atoms in total. The van der Waals surface area contributed by atoms with Gasteiger partial charge in [0.1, 0.15) is 5.75 Å². The van der Waals surface area contributed by atoms with Gasteiger partial charge in [-0.2, -0.15) is 19.6 Å². The van der Waals surface area contributed by atoms with Crippen molar-refractivity contribution in [3.05, 3.63) is 29.4 Å². The van der Waals surface area contributed by atoms with Gasteiger partial charge in [0, 0.05) is 60.8 Å². The molecule has 2 aromatic rings. The fourth-order valence-electron chi connectivity index (χ4n) is 8.44. The second-order valence-electron chi connectivity index (χ2n) is 13.4. The first-order valence-corrected chi connectivity index (χ1v) is 16.1. The van der Waals surface area contributed by atoms with E-state index in [2.05, 4.69) is 22.5 Å². The number of carbonyl (C=O) groups is 1. The van der Waals surface area contributed by atoms with E-state index in [9.17, 15) is 4.79 Å². The Balaban J connectivity index is 0.850. The lowest BCUT2D eigenvalue weighted by atomic mass is 9.53. The minimum absolute atomic E-state index is 0.0607. The molecule has 6 aliphatic rings. The summed E-state index contributed by atoms with van der Waals surface area (Å²) in [7, 11) is 1.64. The molecule has 2 N–H and O–H groups in total. The number of nitrogens with one attached hydrogen (secondary N) is 2. The van der Waals surface area contributed by atoms with Crippen molar-refractivity contribution in [1.29, 1.82) is 0 Å². The van der Waals surface area contributed by atoms with E-state index in [4.69, 9.17) is 35.9 Å². The van der Waals surface area contributed by atoms with E-state index in [1.807, 2.05) is 12.1 Å². The summed E-state index contributed by atoms with van der Waals surface area (Å²) in [5.41, 5.74) is 1.70. The predicted octanol–water partition coefficient (Wildman–Crippen LogP) is 6.54. The number of halogens is 1. The van der Waals surface area contributed by atoms with Crippen LogP contribution in [0.4, 0.5) is 5.69 Å². The Morgan fingerprint density at radius 2 is 1.76 bits per heavy atom. The average molecular weight is 600 g/mol. The van der Waals surface area contributed by atoms with Gasteiger partial charge in [0.15, 0.2) is 0 Å². The zero-order valence-electron chi connectivity index (χ0n) is 24.5. The first-order chi connectivity index (χ1) is 20.4. The highest BCUT2D eigenvalue weighted by Crippen LogP contribution is 2.62. The lowest BCUT2D eigenvalue weighted by molar-refractivity contribution is -0.680. The Hall–Kier alpha value is -2.17. The Labute approximate surface area is 252 Å². The zero-order chi connectivity index (χ0) is 28.9. The van der Waals surface area contributed by atoms with Crippen molar-refractivity contribution in [2.45, 2.75) is 95.2 Å². The number of rotatable bonds is 8. The summed E-state index contributed by atoms with van der Waals surface area (Å²) < 4.78 is 5.46. The summed E-state index contributed by atoms with van der Waals surface area (Å²) >= 11 is 6.40. The molecule has 1 amide bonds. The molecule has 1 saturated heterocycles. The molecule has 1 aliphatic heterocycles.